The third-order valence-corrected chi connectivity index (χ3v) is 4.94. The first-order valence-electron chi connectivity index (χ1n) is 9.42. The number of H-pyrrole nitrogens is 1. The molecule has 2 amide bonds. The lowest BCUT2D eigenvalue weighted by Gasteiger charge is -2.27. The minimum atomic E-state index is -0.334. The van der Waals surface area contributed by atoms with E-state index in [2.05, 4.69) is 25.1 Å². The molecule has 3 aromatic heterocycles. The van der Waals surface area contributed by atoms with Crippen LogP contribution in [0.5, 0.6) is 0 Å². The molecule has 1 aliphatic rings. The van der Waals surface area contributed by atoms with Crippen LogP contribution in [0.2, 0.25) is 0 Å². The average molecular weight is 391 g/mol. The van der Waals surface area contributed by atoms with E-state index >= 15 is 0 Å². The number of aromatic amines is 1. The van der Waals surface area contributed by atoms with Gasteiger partial charge in [0.25, 0.3) is 11.8 Å². The molecule has 1 unspecified atom stereocenters. The van der Waals surface area contributed by atoms with Crippen molar-refractivity contribution in [2.24, 2.45) is 0 Å². The molecule has 0 saturated carbocycles. The quantitative estimate of drug-likeness (QED) is 0.727. The van der Waals surface area contributed by atoms with E-state index in [1.807, 2.05) is 6.92 Å². The summed E-state index contributed by atoms with van der Waals surface area (Å²) in [7, 11) is 0. The van der Waals surface area contributed by atoms with Gasteiger partial charge in [-0.2, -0.15) is 5.10 Å². The topological polar surface area (TPSA) is 108 Å². The van der Waals surface area contributed by atoms with Crippen LogP contribution in [0.25, 0.3) is 0 Å². The Morgan fingerprint density at radius 3 is 2.28 bits per heavy atom. The highest BCUT2D eigenvalue weighted by molar-refractivity contribution is 5.95. The Kier molecular flexibility index (Phi) is 5.28. The lowest BCUT2D eigenvalue weighted by atomic mass is 10.1. The number of nitrogens with one attached hydrogen (secondary N) is 1. The van der Waals surface area contributed by atoms with Crippen molar-refractivity contribution in [2.45, 2.75) is 19.4 Å². The van der Waals surface area contributed by atoms with Gasteiger partial charge < -0.3 is 9.80 Å². The van der Waals surface area contributed by atoms with Crippen molar-refractivity contribution < 1.29 is 9.59 Å². The van der Waals surface area contributed by atoms with Gasteiger partial charge in [0.2, 0.25) is 0 Å². The molecule has 0 aromatic carbocycles. The van der Waals surface area contributed by atoms with Gasteiger partial charge in [-0.05, 0) is 37.6 Å². The summed E-state index contributed by atoms with van der Waals surface area (Å²) in [5.41, 5.74) is 1.03. The van der Waals surface area contributed by atoms with E-state index in [4.69, 9.17) is 0 Å². The lowest BCUT2D eigenvalue weighted by molar-refractivity contribution is 0.0664. The van der Waals surface area contributed by atoms with Gasteiger partial charge in [0.05, 0.1) is 17.2 Å². The van der Waals surface area contributed by atoms with Gasteiger partial charge in [0, 0.05) is 44.4 Å². The van der Waals surface area contributed by atoms with E-state index in [0.29, 0.717) is 48.8 Å². The van der Waals surface area contributed by atoms with Crippen molar-refractivity contribution in [3.8, 4) is 0 Å². The van der Waals surface area contributed by atoms with Gasteiger partial charge in [0.15, 0.2) is 5.82 Å². The van der Waals surface area contributed by atoms with Gasteiger partial charge in [0.1, 0.15) is 5.82 Å². The Morgan fingerprint density at radius 2 is 1.69 bits per heavy atom. The van der Waals surface area contributed by atoms with Gasteiger partial charge >= 0.3 is 0 Å². The fourth-order valence-corrected chi connectivity index (χ4v) is 3.48. The molecule has 0 radical (unpaired) electrons. The first kappa shape index (κ1) is 18.7. The van der Waals surface area contributed by atoms with Crippen molar-refractivity contribution in [3.05, 3.63) is 71.8 Å². The Bertz CT molecular complexity index is 990. The Hall–Kier alpha value is -3.62. The van der Waals surface area contributed by atoms with Crippen LogP contribution in [0.15, 0.2) is 49.1 Å². The molecule has 9 nitrogen and oxygen atoms in total. The lowest BCUT2D eigenvalue weighted by Crippen LogP contribution is -2.38. The zero-order chi connectivity index (χ0) is 20.2. The number of carbonyl (C=O) groups excluding carboxylic acids is 2. The molecule has 0 aliphatic carbocycles. The number of carbonyl (C=O) groups is 2. The summed E-state index contributed by atoms with van der Waals surface area (Å²) in [5, 5.41) is 7.12. The maximum absolute atomic E-state index is 13.2. The number of amides is 2. The van der Waals surface area contributed by atoms with E-state index in [0.717, 1.165) is 0 Å². The molecule has 1 fully saturated rings. The molecule has 1 aliphatic heterocycles. The van der Waals surface area contributed by atoms with E-state index in [1.54, 1.807) is 58.9 Å². The second-order valence-corrected chi connectivity index (χ2v) is 6.86. The molecule has 148 valence electrons. The van der Waals surface area contributed by atoms with Crippen LogP contribution in [0.4, 0.5) is 0 Å². The SMILES string of the molecule is Cc1nc(C2CCN(C(=O)c3cccnc3)CCN2C(=O)c2cccnc2)n[nH]1. The smallest absolute Gasteiger partial charge is 0.256 e. The molecule has 3 aromatic rings. The van der Waals surface area contributed by atoms with Gasteiger partial charge in [-0.25, -0.2) is 4.98 Å². The zero-order valence-corrected chi connectivity index (χ0v) is 16.0. The maximum Gasteiger partial charge on any atom is 0.256 e. The maximum atomic E-state index is 13.2. The minimum Gasteiger partial charge on any atom is -0.337 e. The van der Waals surface area contributed by atoms with Crippen LogP contribution >= 0.6 is 0 Å². The van der Waals surface area contributed by atoms with Gasteiger partial charge in [-0.3, -0.25) is 24.7 Å². The molecular weight excluding hydrogens is 370 g/mol. The number of pyridine rings is 2. The molecule has 4 heterocycles. The zero-order valence-electron chi connectivity index (χ0n) is 16.0. The van der Waals surface area contributed by atoms with E-state index < -0.39 is 0 Å². The molecule has 1 saturated heterocycles. The molecule has 4 rings (SSSR count). The van der Waals surface area contributed by atoms with Crippen LogP contribution in [0.3, 0.4) is 0 Å². The van der Waals surface area contributed by atoms with E-state index in [-0.39, 0.29) is 17.9 Å². The van der Waals surface area contributed by atoms with Crippen LogP contribution in [0, 0.1) is 6.92 Å². The molecule has 1 N–H and O–H groups in total. The number of rotatable bonds is 3. The number of hydrogen-bond donors (Lipinski definition) is 1. The largest absolute Gasteiger partial charge is 0.337 e. The highest BCUT2D eigenvalue weighted by Gasteiger charge is 2.33. The van der Waals surface area contributed by atoms with Crippen LogP contribution in [-0.4, -0.2) is 66.4 Å². The Morgan fingerprint density at radius 1 is 1.00 bits per heavy atom. The van der Waals surface area contributed by atoms with Crippen molar-refractivity contribution in [3.63, 3.8) is 0 Å². The molecule has 29 heavy (non-hydrogen) atoms. The summed E-state index contributed by atoms with van der Waals surface area (Å²) in [6.45, 7) is 3.10. The van der Waals surface area contributed by atoms with Crippen molar-refractivity contribution >= 4 is 11.8 Å². The van der Waals surface area contributed by atoms with Crippen molar-refractivity contribution in [2.75, 3.05) is 19.6 Å². The first-order valence-corrected chi connectivity index (χ1v) is 9.42. The number of aryl methyl sites for hydroxylation is 1. The van der Waals surface area contributed by atoms with Gasteiger partial charge in [-0.1, -0.05) is 0 Å². The number of hydrogen-bond acceptors (Lipinski definition) is 6. The summed E-state index contributed by atoms with van der Waals surface area (Å²) in [6, 6.07) is 6.62. The Balaban J connectivity index is 1.61. The molecule has 9 heteroatoms. The fourth-order valence-electron chi connectivity index (χ4n) is 3.48. The third-order valence-electron chi connectivity index (χ3n) is 4.94. The predicted octanol–water partition coefficient (Wildman–Crippen LogP) is 1.63. The van der Waals surface area contributed by atoms with Crippen molar-refractivity contribution in [1.29, 1.82) is 0 Å². The highest BCUT2D eigenvalue weighted by atomic mass is 16.2. The standard InChI is InChI=1S/C20H21N7O2/c1-14-23-18(25-24-14)17-6-9-26(19(28)15-4-2-7-21-12-15)10-11-27(17)20(29)16-5-3-8-22-13-16/h2-5,7-8,12-13,17H,6,9-11H2,1H3,(H,23,24,25). The molecule has 1 atom stereocenters. The number of nitrogens with zero attached hydrogens (tertiary/aromatic N) is 6. The van der Waals surface area contributed by atoms with Crippen LogP contribution in [-0.2, 0) is 0 Å². The molecule has 0 spiro atoms. The second-order valence-electron chi connectivity index (χ2n) is 6.86. The average Bonchev–Trinajstić information content (AvgIpc) is 3.07. The van der Waals surface area contributed by atoms with Crippen LogP contribution < -0.4 is 0 Å². The van der Waals surface area contributed by atoms with Crippen LogP contribution in [0.1, 0.15) is 44.8 Å². The summed E-state index contributed by atoms with van der Waals surface area (Å²) >= 11 is 0. The van der Waals surface area contributed by atoms with Gasteiger partial charge in [-0.15, -0.1) is 0 Å². The highest BCUT2D eigenvalue weighted by Crippen LogP contribution is 2.27. The summed E-state index contributed by atoms with van der Waals surface area (Å²) < 4.78 is 0. The second kappa shape index (κ2) is 8.17. The normalized spacial score (nSPS) is 17.1. The van der Waals surface area contributed by atoms with Crippen molar-refractivity contribution in [1.82, 2.24) is 34.9 Å². The fraction of sp³-hybridized carbons (Fsp3) is 0.300. The minimum absolute atomic E-state index is 0.0984. The third kappa shape index (κ3) is 3.98. The molecular formula is C20H21N7O2. The summed E-state index contributed by atoms with van der Waals surface area (Å²) in [5.74, 6) is 0.983. The first-order chi connectivity index (χ1) is 14.1. The summed E-state index contributed by atoms with van der Waals surface area (Å²) in [6.07, 6.45) is 6.90. The Labute approximate surface area is 167 Å². The predicted molar refractivity (Wildman–Crippen MR) is 104 cm³/mol. The number of aromatic nitrogens is 5. The monoisotopic (exact) mass is 391 g/mol. The molecule has 0 bridgehead atoms. The van der Waals surface area contributed by atoms with E-state index in [9.17, 15) is 9.59 Å². The summed E-state index contributed by atoms with van der Waals surface area (Å²) in [4.78, 5) is 42.1. The van der Waals surface area contributed by atoms with E-state index in [1.165, 1.54) is 0 Å².